The number of unbranched alkanes of at least 4 members (excludes halogenated alkanes) is 1. The lowest BCUT2D eigenvalue weighted by molar-refractivity contribution is -0.152. The topological polar surface area (TPSA) is 99.7 Å². The molecule has 2 heterocycles. The summed E-state index contributed by atoms with van der Waals surface area (Å²) >= 11 is 0. The van der Waals surface area contributed by atoms with E-state index in [1.807, 2.05) is 0 Å². The average molecular weight is 380 g/mol. The van der Waals surface area contributed by atoms with Crippen LogP contribution < -0.4 is 0 Å². The summed E-state index contributed by atoms with van der Waals surface area (Å²) in [5, 5.41) is 19.2. The standard InChI is InChI=1S/C21H32O6/c22-19(23)3-1-2-8-21(20(24)25,11-13-4-6-15-17(9-13)26-15)12-14-5-7-16-18(10-14)27-16/h13-18H,1-12H2,(H,22,23)(H,24,25). The molecule has 0 amide bonds. The Morgan fingerprint density at radius 1 is 0.815 bits per heavy atom. The number of hydrogen-bond donors (Lipinski definition) is 2. The van der Waals surface area contributed by atoms with Gasteiger partial charge in [0.1, 0.15) is 0 Å². The van der Waals surface area contributed by atoms with E-state index >= 15 is 0 Å². The van der Waals surface area contributed by atoms with Gasteiger partial charge in [0.15, 0.2) is 0 Å². The molecular weight excluding hydrogens is 348 g/mol. The van der Waals surface area contributed by atoms with E-state index in [1.165, 1.54) is 0 Å². The van der Waals surface area contributed by atoms with Gasteiger partial charge in [-0.25, -0.2) is 0 Å². The van der Waals surface area contributed by atoms with Crippen LogP contribution >= 0.6 is 0 Å². The van der Waals surface area contributed by atoms with Gasteiger partial charge in [-0.05, 0) is 76.0 Å². The van der Waals surface area contributed by atoms with Crippen LogP contribution in [-0.4, -0.2) is 46.6 Å². The highest BCUT2D eigenvalue weighted by Gasteiger charge is 2.50. The van der Waals surface area contributed by atoms with Crippen LogP contribution in [0.5, 0.6) is 0 Å². The molecule has 0 bridgehead atoms. The second kappa shape index (κ2) is 7.70. The maximum atomic E-state index is 12.5. The summed E-state index contributed by atoms with van der Waals surface area (Å²) in [5.74, 6) is -0.657. The zero-order valence-corrected chi connectivity index (χ0v) is 16.0. The van der Waals surface area contributed by atoms with E-state index in [1.54, 1.807) is 0 Å². The Balaban J connectivity index is 1.42. The van der Waals surface area contributed by atoms with Gasteiger partial charge in [0.2, 0.25) is 0 Å². The number of carboxylic acids is 2. The fourth-order valence-electron chi connectivity index (χ4n) is 5.76. The van der Waals surface area contributed by atoms with Crippen LogP contribution in [0.4, 0.5) is 0 Å². The lowest BCUT2D eigenvalue weighted by Crippen LogP contribution is -2.37. The van der Waals surface area contributed by atoms with E-state index in [2.05, 4.69) is 0 Å². The highest BCUT2D eigenvalue weighted by Crippen LogP contribution is 2.50. The number of carboxylic acid groups (broad SMARTS) is 2. The molecule has 4 rings (SSSR count). The monoisotopic (exact) mass is 380 g/mol. The maximum absolute atomic E-state index is 12.5. The van der Waals surface area contributed by atoms with Gasteiger partial charge >= 0.3 is 11.9 Å². The zero-order chi connectivity index (χ0) is 19.0. The van der Waals surface area contributed by atoms with Gasteiger partial charge in [-0.2, -0.15) is 0 Å². The van der Waals surface area contributed by atoms with E-state index in [-0.39, 0.29) is 6.42 Å². The first kappa shape index (κ1) is 19.2. The first-order valence-electron chi connectivity index (χ1n) is 10.7. The van der Waals surface area contributed by atoms with Gasteiger partial charge in [-0.15, -0.1) is 0 Å². The van der Waals surface area contributed by atoms with Crippen molar-refractivity contribution in [2.75, 3.05) is 0 Å². The Bertz CT molecular complexity index is 545. The largest absolute Gasteiger partial charge is 0.481 e. The van der Waals surface area contributed by atoms with Crippen LogP contribution in [-0.2, 0) is 19.1 Å². The van der Waals surface area contributed by atoms with E-state index < -0.39 is 17.4 Å². The number of epoxide rings is 2. The maximum Gasteiger partial charge on any atom is 0.309 e. The molecule has 0 aromatic rings. The third kappa shape index (κ3) is 4.65. The number of hydrogen-bond acceptors (Lipinski definition) is 4. The molecule has 2 N–H and O–H groups in total. The number of aliphatic carboxylic acids is 2. The molecule has 0 spiro atoms. The van der Waals surface area contributed by atoms with Gasteiger partial charge in [-0.1, -0.05) is 6.42 Å². The highest BCUT2D eigenvalue weighted by molar-refractivity contribution is 5.74. The molecule has 6 unspecified atom stereocenters. The summed E-state index contributed by atoms with van der Waals surface area (Å²) in [6, 6.07) is 0. The van der Waals surface area contributed by atoms with Crippen molar-refractivity contribution in [3.63, 3.8) is 0 Å². The summed E-state index contributed by atoms with van der Waals surface area (Å²) < 4.78 is 11.3. The fourth-order valence-corrected chi connectivity index (χ4v) is 5.76. The minimum Gasteiger partial charge on any atom is -0.481 e. The minimum atomic E-state index is -0.802. The Labute approximate surface area is 160 Å². The predicted molar refractivity (Wildman–Crippen MR) is 97.4 cm³/mol. The van der Waals surface area contributed by atoms with Crippen LogP contribution in [0.3, 0.4) is 0 Å². The van der Waals surface area contributed by atoms with E-state index in [0.29, 0.717) is 68.4 Å². The van der Waals surface area contributed by atoms with Gasteiger partial charge in [0.25, 0.3) is 0 Å². The molecule has 27 heavy (non-hydrogen) atoms. The van der Waals surface area contributed by atoms with Gasteiger partial charge in [0, 0.05) is 6.42 Å². The third-order valence-electron chi connectivity index (χ3n) is 7.33. The Morgan fingerprint density at radius 3 is 1.81 bits per heavy atom. The minimum absolute atomic E-state index is 0.123. The fraction of sp³-hybridized carbons (Fsp3) is 0.905. The van der Waals surface area contributed by atoms with Crippen molar-refractivity contribution in [3.05, 3.63) is 0 Å². The quantitative estimate of drug-likeness (QED) is 0.443. The second-order valence-corrected chi connectivity index (χ2v) is 9.38. The first-order valence-corrected chi connectivity index (χ1v) is 10.7. The third-order valence-corrected chi connectivity index (χ3v) is 7.33. The van der Waals surface area contributed by atoms with Gasteiger partial charge in [0.05, 0.1) is 29.8 Å². The molecule has 6 nitrogen and oxygen atoms in total. The van der Waals surface area contributed by atoms with Crippen molar-refractivity contribution in [1.29, 1.82) is 0 Å². The molecular formula is C21H32O6. The summed E-state index contributed by atoms with van der Waals surface area (Å²) in [5.41, 5.74) is -0.725. The van der Waals surface area contributed by atoms with Gasteiger partial charge < -0.3 is 19.7 Å². The highest BCUT2D eigenvalue weighted by atomic mass is 16.6. The Hall–Kier alpha value is -1.14. The van der Waals surface area contributed by atoms with Crippen molar-refractivity contribution >= 4 is 11.9 Å². The summed E-state index contributed by atoms with van der Waals surface area (Å²) in [4.78, 5) is 23.3. The average Bonchev–Trinajstić information content (AvgIpc) is 3.51. The molecule has 2 saturated carbocycles. The number of carbonyl (C=O) groups is 2. The molecule has 0 radical (unpaired) electrons. The van der Waals surface area contributed by atoms with Crippen LogP contribution in [0.1, 0.15) is 77.0 Å². The molecule has 4 aliphatic rings. The first-order chi connectivity index (χ1) is 12.9. The molecule has 2 aliphatic carbocycles. The van der Waals surface area contributed by atoms with E-state index in [9.17, 15) is 14.7 Å². The smallest absolute Gasteiger partial charge is 0.309 e. The molecule has 4 fully saturated rings. The van der Waals surface area contributed by atoms with Crippen molar-refractivity contribution in [3.8, 4) is 0 Å². The van der Waals surface area contributed by atoms with E-state index in [4.69, 9.17) is 14.6 Å². The SMILES string of the molecule is O=C(O)CCCCC(CC1CCC2OC2C1)(CC1CCC2OC2C1)C(=O)O. The second-order valence-electron chi connectivity index (χ2n) is 9.38. The van der Waals surface area contributed by atoms with Crippen LogP contribution in [0.25, 0.3) is 0 Å². The normalized spacial score (nSPS) is 39.0. The molecule has 6 heteroatoms. The lowest BCUT2D eigenvalue weighted by atomic mass is 9.66. The molecule has 152 valence electrons. The van der Waals surface area contributed by atoms with Crippen molar-refractivity contribution in [2.24, 2.45) is 17.3 Å². The van der Waals surface area contributed by atoms with Crippen molar-refractivity contribution in [2.45, 2.75) is 101 Å². The Morgan fingerprint density at radius 2 is 1.37 bits per heavy atom. The summed E-state index contributed by atoms with van der Waals surface area (Å²) in [6.45, 7) is 0. The zero-order valence-electron chi connectivity index (χ0n) is 16.0. The van der Waals surface area contributed by atoms with Crippen molar-refractivity contribution in [1.82, 2.24) is 0 Å². The van der Waals surface area contributed by atoms with Gasteiger partial charge in [-0.3, -0.25) is 9.59 Å². The molecule has 2 saturated heterocycles. The van der Waals surface area contributed by atoms with Crippen LogP contribution in [0.2, 0.25) is 0 Å². The molecule has 0 aromatic heterocycles. The summed E-state index contributed by atoms with van der Waals surface area (Å²) in [7, 11) is 0. The van der Waals surface area contributed by atoms with E-state index in [0.717, 1.165) is 38.5 Å². The molecule has 6 atom stereocenters. The summed E-state index contributed by atoms with van der Waals surface area (Å²) in [6.07, 6.45) is 11.2. The Kier molecular flexibility index (Phi) is 5.48. The number of fused-ring (bicyclic) bond motifs is 2. The van der Waals surface area contributed by atoms with Crippen LogP contribution in [0.15, 0.2) is 0 Å². The number of ether oxygens (including phenoxy) is 2. The number of rotatable bonds is 10. The van der Waals surface area contributed by atoms with Crippen molar-refractivity contribution < 1.29 is 29.3 Å². The lowest BCUT2D eigenvalue weighted by Gasteiger charge is -2.37. The molecule has 0 aromatic carbocycles. The molecule has 2 aliphatic heterocycles. The predicted octanol–water partition coefficient (Wildman–Crippen LogP) is 3.62. The van der Waals surface area contributed by atoms with Crippen LogP contribution in [0, 0.1) is 17.3 Å².